The molecule has 0 saturated heterocycles. The SMILES string of the molecule is O=C(O)CN[C@H](c1ccccc1)C(F)(F)F. The maximum absolute atomic E-state index is 12.6. The van der Waals surface area contributed by atoms with E-state index >= 15 is 0 Å². The molecule has 0 fully saturated rings. The quantitative estimate of drug-likeness (QED) is 0.835. The van der Waals surface area contributed by atoms with Gasteiger partial charge in [0, 0.05) is 0 Å². The van der Waals surface area contributed by atoms with Crippen molar-refractivity contribution in [3.05, 3.63) is 35.9 Å². The molecule has 1 atom stereocenters. The summed E-state index contributed by atoms with van der Waals surface area (Å²) in [5.74, 6) is -1.33. The maximum Gasteiger partial charge on any atom is 0.407 e. The topological polar surface area (TPSA) is 49.3 Å². The molecule has 88 valence electrons. The molecule has 0 unspecified atom stereocenters. The third-order valence-corrected chi connectivity index (χ3v) is 1.92. The average Bonchev–Trinajstić information content (AvgIpc) is 2.17. The van der Waals surface area contributed by atoms with E-state index in [1.165, 1.54) is 24.3 Å². The predicted octanol–water partition coefficient (Wildman–Crippen LogP) is 1.96. The number of hydrogen-bond donors (Lipinski definition) is 2. The second kappa shape index (κ2) is 4.98. The molecule has 1 aromatic carbocycles. The Balaban J connectivity index is 2.84. The van der Waals surface area contributed by atoms with Crippen molar-refractivity contribution in [1.82, 2.24) is 5.32 Å². The van der Waals surface area contributed by atoms with Crippen LogP contribution in [0, 0.1) is 0 Å². The number of nitrogens with one attached hydrogen (secondary N) is 1. The van der Waals surface area contributed by atoms with E-state index in [1.54, 1.807) is 6.07 Å². The lowest BCUT2D eigenvalue weighted by molar-refractivity contribution is -0.159. The van der Waals surface area contributed by atoms with E-state index < -0.39 is 24.7 Å². The first-order chi connectivity index (χ1) is 7.41. The highest BCUT2D eigenvalue weighted by Gasteiger charge is 2.40. The van der Waals surface area contributed by atoms with E-state index in [4.69, 9.17) is 5.11 Å². The number of hydrogen-bond acceptors (Lipinski definition) is 2. The number of halogens is 3. The standard InChI is InChI=1S/C10H10F3NO2/c11-10(12,13)9(14-6-8(15)16)7-4-2-1-3-5-7/h1-5,9,14H,6H2,(H,15,16)/t9-/m1/s1. The van der Waals surface area contributed by atoms with Crippen LogP contribution in [0.25, 0.3) is 0 Å². The Morgan fingerprint density at radius 2 is 1.88 bits per heavy atom. The number of rotatable bonds is 4. The minimum atomic E-state index is -4.52. The molecule has 1 aromatic rings. The zero-order valence-electron chi connectivity index (χ0n) is 8.16. The summed E-state index contributed by atoms with van der Waals surface area (Å²) in [6.07, 6.45) is -4.52. The highest BCUT2D eigenvalue weighted by Crippen LogP contribution is 2.32. The minimum Gasteiger partial charge on any atom is -0.480 e. The van der Waals surface area contributed by atoms with Crippen molar-refractivity contribution < 1.29 is 23.1 Å². The third-order valence-electron chi connectivity index (χ3n) is 1.92. The van der Waals surface area contributed by atoms with E-state index in [0.717, 1.165) is 0 Å². The van der Waals surface area contributed by atoms with Gasteiger partial charge >= 0.3 is 12.1 Å². The van der Waals surface area contributed by atoms with Gasteiger partial charge in [-0.05, 0) is 5.56 Å². The van der Waals surface area contributed by atoms with Crippen LogP contribution in [0.15, 0.2) is 30.3 Å². The van der Waals surface area contributed by atoms with Crippen molar-refractivity contribution >= 4 is 5.97 Å². The smallest absolute Gasteiger partial charge is 0.407 e. The van der Waals surface area contributed by atoms with Gasteiger partial charge in [-0.1, -0.05) is 30.3 Å². The number of carbonyl (C=O) groups is 1. The molecular formula is C10H10F3NO2. The van der Waals surface area contributed by atoms with Gasteiger partial charge in [0.05, 0.1) is 6.54 Å². The fourth-order valence-corrected chi connectivity index (χ4v) is 1.26. The molecule has 0 amide bonds. The largest absolute Gasteiger partial charge is 0.480 e. The number of aliphatic carboxylic acids is 1. The Labute approximate surface area is 89.9 Å². The highest BCUT2D eigenvalue weighted by atomic mass is 19.4. The van der Waals surface area contributed by atoms with E-state index in [9.17, 15) is 18.0 Å². The lowest BCUT2D eigenvalue weighted by Crippen LogP contribution is -2.37. The molecule has 16 heavy (non-hydrogen) atoms. The number of benzene rings is 1. The lowest BCUT2D eigenvalue weighted by atomic mass is 10.1. The van der Waals surface area contributed by atoms with Crippen LogP contribution >= 0.6 is 0 Å². The van der Waals surface area contributed by atoms with Crippen molar-refractivity contribution in [3.8, 4) is 0 Å². The molecule has 0 bridgehead atoms. The van der Waals surface area contributed by atoms with Crippen molar-refractivity contribution in [1.29, 1.82) is 0 Å². The van der Waals surface area contributed by atoms with Crippen molar-refractivity contribution in [3.63, 3.8) is 0 Å². The molecular weight excluding hydrogens is 223 g/mol. The van der Waals surface area contributed by atoms with Crippen LogP contribution in [0.2, 0.25) is 0 Å². The van der Waals surface area contributed by atoms with Gasteiger partial charge in [-0.15, -0.1) is 0 Å². The molecule has 0 aliphatic rings. The first kappa shape index (κ1) is 12.5. The normalized spacial score (nSPS) is 13.4. The Kier molecular flexibility index (Phi) is 3.89. The minimum absolute atomic E-state index is 0.00347. The van der Waals surface area contributed by atoms with Gasteiger partial charge < -0.3 is 5.11 Å². The highest BCUT2D eigenvalue weighted by molar-refractivity contribution is 5.69. The van der Waals surface area contributed by atoms with Gasteiger partial charge in [0.2, 0.25) is 0 Å². The molecule has 1 rings (SSSR count). The first-order valence-corrected chi connectivity index (χ1v) is 4.48. The van der Waals surface area contributed by atoms with Crippen molar-refractivity contribution in [2.45, 2.75) is 12.2 Å². The maximum atomic E-state index is 12.6. The van der Waals surface area contributed by atoms with Gasteiger partial charge in [-0.25, -0.2) is 0 Å². The van der Waals surface area contributed by atoms with E-state index in [1.807, 2.05) is 5.32 Å². The lowest BCUT2D eigenvalue weighted by Gasteiger charge is -2.21. The van der Waals surface area contributed by atoms with Gasteiger partial charge in [-0.3, -0.25) is 10.1 Å². The van der Waals surface area contributed by atoms with Gasteiger partial charge in [0.15, 0.2) is 0 Å². The number of carboxylic acid groups (broad SMARTS) is 1. The molecule has 0 saturated carbocycles. The second-order valence-electron chi connectivity index (χ2n) is 3.16. The van der Waals surface area contributed by atoms with Crippen LogP contribution in [-0.4, -0.2) is 23.8 Å². The molecule has 0 spiro atoms. The average molecular weight is 233 g/mol. The molecule has 2 N–H and O–H groups in total. The van der Waals surface area contributed by atoms with E-state index in [0.29, 0.717) is 0 Å². The predicted molar refractivity (Wildman–Crippen MR) is 50.9 cm³/mol. The van der Waals surface area contributed by atoms with Crippen molar-refractivity contribution in [2.75, 3.05) is 6.54 Å². The first-order valence-electron chi connectivity index (χ1n) is 4.48. The summed E-state index contributed by atoms with van der Waals surface area (Å²) in [5.41, 5.74) is -0.00347. The van der Waals surface area contributed by atoms with Crippen LogP contribution in [0.3, 0.4) is 0 Å². The molecule has 0 aliphatic carbocycles. The Bertz CT molecular complexity index is 351. The summed E-state index contributed by atoms with van der Waals surface area (Å²) < 4.78 is 37.8. The van der Waals surface area contributed by atoms with Crippen LogP contribution in [-0.2, 0) is 4.79 Å². The molecule has 0 aromatic heterocycles. The summed E-state index contributed by atoms with van der Waals surface area (Å²) in [4.78, 5) is 10.2. The molecule has 6 heteroatoms. The summed E-state index contributed by atoms with van der Waals surface area (Å²) in [6, 6.07) is 5.17. The van der Waals surface area contributed by atoms with Gasteiger partial charge in [0.25, 0.3) is 0 Å². The van der Waals surface area contributed by atoms with E-state index in [2.05, 4.69) is 0 Å². The fraction of sp³-hybridized carbons (Fsp3) is 0.300. The van der Waals surface area contributed by atoms with Gasteiger partial charge in [0.1, 0.15) is 6.04 Å². The zero-order chi connectivity index (χ0) is 12.2. The number of alkyl halides is 3. The summed E-state index contributed by atoms with van der Waals surface area (Å²) >= 11 is 0. The van der Waals surface area contributed by atoms with Crippen LogP contribution < -0.4 is 5.32 Å². The molecule has 0 heterocycles. The zero-order valence-corrected chi connectivity index (χ0v) is 8.16. The van der Waals surface area contributed by atoms with Crippen molar-refractivity contribution in [2.24, 2.45) is 0 Å². The monoisotopic (exact) mass is 233 g/mol. The Hall–Kier alpha value is -1.56. The molecule has 3 nitrogen and oxygen atoms in total. The second-order valence-corrected chi connectivity index (χ2v) is 3.16. The van der Waals surface area contributed by atoms with Crippen LogP contribution in [0.1, 0.15) is 11.6 Å². The van der Waals surface area contributed by atoms with E-state index in [-0.39, 0.29) is 5.56 Å². The Morgan fingerprint density at radius 3 is 2.31 bits per heavy atom. The molecule has 0 radical (unpaired) electrons. The molecule has 0 aliphatic heterocycles. The summed E-state index contributed by atoms with van der Waals surface area (Å²) in [7, 11) is 0. The van der Waals surface area contributed by atoms with Crippen LogP contribution in [0.4, 0.5) is 13.2 Å². The van der Waals surface area contributed by atoms with Crippen LogP contribution in [0.5, 0.6) is 0 Å². The summed E-state index contributed by atoms with van der Waals surface area (Å²) in [6.45, 7) is -0.737. The number of carboxylic acids is 1. The van der Waals surface area contributed by atoms with Gasteiger partial charge in [-0.2, -0.15) is 13.2 Å². The third kappa shape index (κ3) is 3.54. The summed E-state index contributed by atoms with van der Waals surface area (Å²) in [5, 5.41) is 10.3. The Morgan fingerprint density at radius 1 is 1.31 bits per heavy atom. The fourth-order valence-electron chi connectivity index (χ4n) is 1.26.